The molecule has 0 radical (unpaired) electrons. The SMILES string of the molecule is CC(C)CN1CCCC1C1CCCC1=O. The van der Waals surface area contributed by atoms with E-state index >= 15 is 0 Å². The number of hydrogen-bond donors (Lipinski definition) is 0. The number of nitrogens with zero attached hydrogens (tertiary/aromatic N) is 1. The minimum Gasteiger partial charge on any atom is -0.299 e. The number of Topliss-reactive ketones (excluding diaryl/α,β-unsaturated/α-hetero) is 1. The van der Waals surface area contributed by atoms with Gasteiger partial charge in [-0.1, -0.05) is 13.8 Å². The predicted octanol–water partition coefficient (Wildman–Crippen LogP) is 2.48. The van der Waals surface area contributed by atoms with Crippen molar-refractivity contribution in [2.24, 2.45) is 11.8 Å². The Morgan fingerprint density at radius 3 is 2.73 bits per heavy atom. The highest BCUT2D eigenvalue weighted by Gasteiger charge is 2.37. The summed E-state index contributed by atoms with van der Waals surface area (Å²) in [7, 11) is 0. The van der Waals surface area contributed by atoms with Crippen LogP contribution in [0.5, 0.6) is 0 Å². The minimum absolute atomic E-state index is 0.381. The van der Waals surface area contributed by atoms with E-state index in [4.69, 9.17) is 0 Å². The summed E-state index contributed by atoms with van der Waals surface area (Å²) in [6, 6.07) is 0.586. The summed E-state index contributed by atoms with van der Waals surface area (Å²) >= 11 is 0. The highest BCUT2D eigenvalue weighted by molar-refractivity contribution is 5.83. The Kier molecular flexibility index (Phi) is 3.45. The summed E-state index contributed by atoms with van der Waals surface area (Å²) in [6.45, 7) is 6.93. The summed E-state index contributed by atoms with van der Waals surface area (Å²) in [5.74, 6) is 1.64. The van der Waals surface area contributed by atoms with Gasteiger partial charge >= 0.3 is 0 Å². The third-order valence-electron chi connectivity index (χ3n) is 3.83. The maximum absolute atomic E-state index is 11.8. The van der Waals surface area contributed by atoms with Crippen molar-refractivity contribution < 1.29 is 4.79 Å². The van der Waals surface area contributed by atoms with E-state index in [2.05, 4.69) is 18.7 Å². The summed E-state index contributed by atoms with van der Waals surface area (Å²) in [4.78, 5) is 14.3. The molecule has 2 unspecified atom stereocenters. The molecule has 0 N–H and O–H groups in total. The quantitative estimate of drug-likeness (QED) is 0.711. The minimum atomic E-state index is 0.381. The van der Waals surface area contributed by atoms with Crippen LogP contribution in [0.4, 0.5) is 0 Å². The number of carbonyl (C=O) groups excluding carboxylic acids is 1. The molecule has 15 heavy (non-hydrogen) atoms. The number of hydrogen-bond acceptors (Lipinski definition) is 2. The molecule has 1 heterocycles. The number of ketones is 1. The predicted molar refractivity (Wildman–Crippen MR) is 61.8 cm³/mol. The molecule has 2 heteroatoms. The number of likely N-dealkylation sites (tertiary alicyclic amines) is 1. The third kappa shape index (κ3) is 2.41. The molecule has 1 saturated carbocycles. The first-order valence-electron chi connectivity index (χ1n) is 6.45. The second-order valence-electron chi connectivity index (χ2n) is 5.56. The molecular weight excluding hydrogens is 186 g/mol. The van der Waals surface area contributed by atoms with Gasteiger partial charge in [0.15, 0.2) is 0 Å². The molecule has 2 nitrogen and oxygen atoms in total. The van der Waals surface area contributed by atoms with Crippen LogP contribution in [0.2, 0.25) is 0 Å². The highest BCUT2D eigenvalue weighted by atomic mass is 16.1. The second kappa shape index (κ2) is 4.65. The lowest BCUT2D eigenvalue weighted by atomic mass is 9.94. The molecule has 1 aliphatic heterocycles. The number of rotatable bonds is 3. The Bertz CT molecular complexity index is 237. The van der Waals surface area contributed by atoms with E-state index in [9.17, 15) is 4.79 Å². The number of carbonyl (C=O) groups is 1. The van der Waals surface area contributed by atoms with Crippen LogP contribution in [0, 0.1) is 11.8 Å². The monoisotopic (exact) mass is 209 g/mol. The van der Waals surface area contributed by atoms with Gasteiger partial charge in [0, 0.05) is 24.9 Å². The van der Waals surface area contributed by atoms with Gasteiger partial charge < -0.3 is 0 Å². The molecular formula is C13H23NO. The first-order chi connectivity index (χ1) is 7.18. The van der Waals surface area contributed by atoms with E-state index < -0.39 is 0 Å². The zero-order chi connectivity index (χ0) is 10.8. The van der Waals surface area contributed by atoms with Crippen molar-refractivity contribution in [3.63, 3.8) is 0 Å². The fraction of sp³-hybridized carbons (Fsp3) is 0.923. The summed E-state index contributed by atoms with van der Waals surface area (Å²) in [5, 5.41) is 0. The van der Waals surface area contributed by atoms with Gasteiger partial charge in [-0.3, -0.25) is 9.69 Å². The summed E-state index contributed by atoms with van der Waals surface area (Å²) < 4.78 is 0. The van der Waals surface area contributed by atoms with Crippen molar-refractivity contribution in [2.75, 3.05) is 13.1 Å². The van der Waals surface area contributed by atoms with Crippen molar-refractivity contribution in [3.8, 4) is 0 Å². The zero-order valence-electron chi connectivity index (χ0n) is 10.0. The highest BCUT2D eigenvalue weighted by Crippen LogP contribution is 2.33. The first kappa shape index (κ1) is 11.1. The molecule has 0 bridgehead atoms. The summed E-state index contributed by atoms with van der Waals surface area (Å²) in [5.41, 5.74) is 0. The Labute approximate surface area is 93.0 Å². The van der Waals surface area contributed by atoms with Crippen molar-refractivity contribution in [1.82, 2.24) is 4.90 Å². The van der Waals surface area contributed by atoms with Gasteiger partial charge in [0.25, 0.3) is 0 Å². The Morgan fingerprint density at radius 1 is 1.33 bits per heavy atom. The molecule has 1 aliphatic carbocycles. The molecule has 0 amide bonds. The molecule has 2 atom stereocenters. The Hall–Kier alpha value is -0.370. The molecule has 0 spiro atoms. The smallest absolute Gasteiger partial charge is 0.137 e. The Balaban J connectivity index is 1.97. The maximum Gasteiger partial charge on any atom is 0.137 e. The van der Waals surface area contributed by atoms with Crippen LogP contribution >= 0.6 is 0 Å². The molecule has 0 aromatic rings. The van der Waals surface area contributed by atoms with Gasteiger partial charge in [-0.2, -0.15) is 0 Å². The van der Waals surface area contributed by atoms with Crippen LogP contribution in [0.15, 0.2) is 0 Å². The van der Waals surface area contributed by atoms with Crippen LogP contribution in [0.3, 0.4) is 0 Å². The average molecular weight is 209 g/mol. The standard InChI is InChI=1S/C13H23NO/c1-10(2)9-14-8-4-6-12(14)11-5-3-7-13(11)15/h10-12H,3-9H2,1-2H3. The molecule has 0 aromatic heterocycles. The van der Waals surface area contributed by atoms with Crippen LogP contribution in [0.1, 0.15) is 46.0 Å². The second-order valence-corrected chi connectivity index (χ2v) is 5.56. The normalized spacial score (nSPS) is 33.1. The van der Waals surface area contributed by atoms with E-state index in [1.807, 2.05) is 0 Å². The van der Waals surface area contributed by atoms with Crippen LogP contribution < -0.4 is 0 Å². The first-order valence-corrected chi connectivity index (χ1v) is 6.45. The third-order valence-corrected chi connectivity index (χ3v) is 3.83. The lowest BCUT2D eigenvalue weighted by molar-refractivity contribution is -0.122. The van der Waals surface area contributed by atoms with E-state index in [1.54, 1.807) is 0 Å². The molecule has 2 fully saturated rings. The summed E-state index contributed by atoms with van der Waals surface area (Å²) in [6.07, 6.45) is 5.68. The van der Waals surface area contributed by atoms with E-state index in [0.717, 1.165) is 25.2 Å². The van der Waals surface area contributed by atoms with Crippen LogP contribution in [-0.2, 0) is 4.79 Å². The fourth-order valence-electron chi connectivity index (χ4n) is 3.25. The van der Waals surface area contributed by atoms with E-state index in [1.165, 1.54) is 25.9 Å². The van der Waals surface area contributed by atoms with Gasteiger partial charge in [-0.25, -0.2) is 0 Å². The lowest BCUT2D eigenvalue weighted by Gasteiger charge is -2.29. The van der Waals surface area contributed by atoms with Gasteiger partial charge in [-0.15, -0.1) is 0 Å². The van der Waals surface area contributed by atoms with Gasteiger partial charge in [0.2, 0.25) is 0 Å². The maximum atomic E-state index is 11.8. The van der Waals surface area contributed by atoms with Crippen molar-refractivity contribution in [1.29, 1.82) is 0 Å². The van der Waals surface area contributed by atoms with Crippen LogP contribution in [0.25, 0.3) is 0 Å². The molecule has 86 valence electrons. The molecule has 0 aromatic carbocycles. The lowest BCUT2D eigenvalue weighted by Crippen LogP contribution is -2.39. The van der Waals surface area contributed by atoms with Gasteiger partial charge in [0.1, 0.15) is 5.78 Å². The zero-order valence-corrected chi connectivity index (χ0v) is 10.0. The largest absolute Gasteiger partial charge is 0.299 e. The average Bonchev–Trinajstić information content (AvgIpc) is 2.73. The molecule has 1 saturated heterocycles. The van der Waals surface area contributed by atoms with E-state index in [-0.39, 0.29) is 0 Å². The van der Waals surface area contributed by atoms with Crippen LogP contribution in [-0.4, -0.2) is 29.8 Å². The van der Waals surface area contributed by atoms with Crippen molar-refractivity contribution >= 4 is 5.78 Å². The Morgan fingerprint density at radius 2 is 2.13 bits per heavy atom. The molecule has 2 aliphatic rings. The topological polar surface area (TPSA) is 20.3 Å². The molecule has 2 rings (SSSR count). The van der Waals surface area contributed by atoms with Gasteiger partial charge in [0.05, 0.1) is 0 Å². The van der Waals surface area contributed by atoms with Crippen molar-refractivity contribution in [2.45, 2.75) is 52.0 Å². The van der Waals surface area contributed by atoms with Crippen molar-refractivity contribution in [3.05, 3.63) is 0 Å². The van der Waals surface area contributed by atoms with Gasteiger partial charge in [-0.05, 0) is 38.1 Å². The van der Waals surface area contributed by atoms with E-state index in [0.29, 0.717) is 17.7 Å². The fourth-order valence-corrected chi connectivity index (χ4v) is 3.25.